The minimum Gasteiger partial charge on any atom is -0.363 e. The van der Waals surface area contributed by atoms with Gasteiger partial charge < -0.3 is 10.6 Å². The van der Waals surface area contributed by atoms with Gasteiger partial charge in [0.05, 0.1) is 0 Å². The summed E-state index contributed by atoms with van der Waals surface area (Å²) in [5.41, 5.74) is 0. The maximum absolute atomic E-state index is 5.11. The quantitative estimate of drug-likeness (QED) is 0.669. The fourth-order valence-electron chi connectivity index (χ4n) is 0.850. The Bertz CT molecular complexity index is 140. The molecule has 2 N–H and O–H groups in total. The topological polar surface area (TPSA) is 24.1 Å². The Kier molecular flexibility index (Phi) is 8.66. The zero-order valence-corrected chi connectivity index (χ0v) is 10.4. The molecule has 78 valence electrons. The highest BCUT2D eigenvalue weighted by atomic mass is 32.2. The van der Waals surface area contributed by atoms with Gasteiger partial charge in [-0.15, -0.1) is 0 Å². The van der Waals surface area contributed by atoms with Gasteiger partial charge in [0.1, 0.15) is 0 Å². The van der Waals surface area contributed by atoms with Gasteiger partial charge >= 0.3 is 0 Å². The Morgan fingerprint density at radius 1 is 1.46 bits per heavy atom. The minimum atomic E-state index is 0.460. The molecular weight excluding hydrogens is 200 g/mol. The second kappa shape index (κ2) is 8.63. The molecule has 0 aliphatic rings. The summed E-state index contributed by atoms with van der Waals surface area (Å²) < 4.78 is 0. The molecule has 0 saturated carbocycles. The number of thiocarbonyl (C=S) groups is 1. The molecule has 0 radical (unpaired) electrons. The maximum atomic E-state index is 5.11. The first-order chi connectivity index (χ1) is 6.20. The number of thioether (sulfide) groups is 1. The van der Waals surface area contributed by atoms with E-state index in [1.165, 1.54) is 5.75 Å². The minimum absolute atomic E-state index is 0.460. The van der Waals surface area contributed by atoms with Crippen molar-refractivity contribution in [2.75, 3.05) is 18.1 Å². The molecule has 4 heteroatoms. The van der Waals surface area contributed by atoms with Gasteiger partial charge in [0.15, 0.2) is 5.11 Å². The van der Waals surface area contributed by atoms with Crippen LogP contribution in [-0.2, 0) is 0 Å². The normalized spacial score (nSPS) is 12.2. The number of hydrogen-bond donors (Lipinski definition) is 2. The maximum Gasteiger partial charge on any atom is 0.166 e. The van der Waals surface area contributed by atoms with Crippen molar-refractivity contribution in [3.63, 3.8) is 0 Å². The van der Waals surface area contributed by atoms with Crippen molar-refractivity contribution >= 4 is 29.1 Å². The third kappa shape index (κ3) is 8.37. The van der Waals surface area contributed by atoms with Gasteiger partial charge in [-0.2, -0.15) is 11.8 Å². The molecule has 0 heterocycles. The van der Waals surface area contributed by atoms with E-state index in [-0.39, 0.29) is 0 Å². The molecule has 0 aromatic heterocycles. The molecule has 0 aliphatic heterocycles. The van der Waals surface area contributed by atoms with Gasteiger partial charge in [0.25, 0.3) is 0 Å². The molecule has 0 bridgehead atoms. The van der Waals surface area contributed by atoms with Crippen LogP contribution in [0, 0.1) is 0 Å². The molecule has 0 aliphatic carbocycles. The van der Waals surface area contributed by atoms with E-state index >= 15 is 0 Å². The van der Waals surface area contributed by atoms with Crippen molar-refractivity contribution in [3.05, 3.63) is 0 Å². The number of nitrogens with one attached hydrogen (secondary N) is 2. The van der Waals surface area contributed by atoms with Crippen molar-refractivity contribution in [1.82, 2.24) is 10.6 Å². The summed E-state index contributed by atoms with van der Waals surface area (Å²) >= 11 is 7.05. The molecule has 0 spiro atoms. The van der Waals surface area contributed by atoms with E-state index in [9.17, 15) is 0 Å². The third-order valence-corrected chi connectivity index (χ3v) is 2.89. The molecule has 0 amide bonds. The van der Waals surface area contributed by atoms with Crippen LogP contribution < -0.4 is 10.6 Å². The molecule has 0 aromatic rings. The van der Waals surface area contributed by atoms with Crippen LogP contribution in [0.4, 0.5) is 0 Å². The lowest BCUT2D eigenvalue weighted by Crippen LogP contribution is -2.41. The number of hydrogen-bond acceptors (Lipinski definition) is 2. The van der Waals surface area contributed by atoms with E-state index in [4.69, 9.17) is 12.2 Å². The van der Waals surface area contributed by atoms with E-state index < -0.39 is 0 Å². The van der Waals surface area contributed by atoms with Crippen molar-refractivity contribution in [3.8, 4) is 0 Å². The Hall–Kier alpha value is 0.0400. The monoisotopic (exact) mass is 220 g/mol. The van der Waals surface area contributed by atoms with Crippen LogP contribution in [0.3, 0.4) is 0 Å². The van der Waals surface area contributed by atoms with E-state index in [1.54, 1.807) is 0 Å². The molecule has 0 aromatic carbocycles. The van der Waals surface area contributed by atoms with Crippen molar-refractivity contribution in [1.29, 1.82) is 0 Å². The molecule has 1 atom stereocenters. The molecule has 0 rings (SSSR count). The summed E-state index contributed by atoms with van der Waals surface area (Å²) in [6, 6.07) is 0.460. The van der Waals surface area contributed by atoms with E-state index in [0.29, 0.717) is 6.04 Å². The van der Waals surface area contributed by atoms with E-state index in [2.05, 4.69) is 31.4 Å². The second-order valence-electron chi connectivity index (χ2n) is 2.96. The molecule has 0 fully saturated rings. The van der Waals surface area contributed by atoms with Gasteiger partial charge in [0, 0.05) is 18.3 Å². The first-order valence-electron chi connectivity index (χ1n) is 4.82. The first kappa shape index (κ1) is 13.0. The van der Waals surface area contributed by atoms with Crippen molar-refractivity contribution in [2.45, 2.75) is 33.2 Å². The summed E-state index contributed by atoms with van der Waals surface area (Å²) in [6.45, 7) is 7.42. The summed E-state index contributed by atoms with van der Waals surface area (Å²) in [7, 11) is 0. The Balaban J connectivity index is 3.41. The Morgan fingerprint density at radius 2 is 2.15 bits per heavy atom. The summed E-state index contributed by atoms with van der Waals surface area (Å²) in [5.74, 6) is 2.28. The predicted molar refractivity (Wildman–Crippen MR) is 66.5 cm³/mol. The summed E-state index contributed by atoms with van der Waals surface area (Å²) in [4.78, 5) is 0. The van der Waals surface area contributed by atoms with Gasteiger partial charge in [-0.3, -0.25) is 0 Å². The van der Waals surface area contributed by atoms with Gasteiger partial charge in [-0.25, -0.2) is 0 Å². The Labute approximate surface area is 91.2 Å². The molecular formula is C9H20N2S2. The van der Waals surface area contributed by atoms with Crippen LogP contribution in [0.5, 0.6) is 0 Å². The highest BCUT2D eigenvalue weighted by Gasteiger charge is 2.02. The van der Waals surface area contributed by atoms with Crippen LogP contribution >= 0.6 is 24.0 Å². The van der Waals surface area contributed by atoms with Gasteiger partial charge in [-0.05, 0) is 31.3 Å². The van der Waals surface area contributed by atoms with Crippen LogP contribution in [0.2, 0.25) is 0 Å². The first-order valence-corrected chi connectivity index (χ1v) is 6.39. The van der Waals surface area contributed by atoms with E-state index in [1.807, 2.05) is 11.8 Å². The lowest BCUT2D eigenvalue weighted by molar-refractivity contribution is 0.716. The fraction of sp³-hybridized carbons (Fsp3) is 0.889. The predicted octanol–water partition coefficient (Wildman–Crippen LogP) is 2.00. The molecule has 1 unspecified atom stereocenters. The largest absolute Gasteiger partial charge is 0.363 e. The van der Waals surface area contributed by atoms with Crippen LogP contribution in [0.25, 0.3) is 0 Å². The van der Waals surface area contributed by atoms with Crippen LogP contribution in [-0.4, -0.2) is 29.2 Å². The van der Waals surface area contributed by atoms with Crippen LogP contribution in [0.15, 0.2) is 0 Å². The SMILES string of the molecule is CCCNC(=S)NC(C)CSCC. The fourth-order valence-corrected chi connectivity index (χ4v) is 1.83. The van der Waals surface area contributed by atoms with E-state index in [0.717, 1.165) is 23.8 Å². The summed E-state index contributed by atoms with van der Waals surface area (Å²) in [5, 5.41) is 7.18. The second-order valence-corrected chi connectivity index (χ2v) is 4.69. The number of rotatable bonds is 6. The average Bonchev–Trinajstić information content (AvgIpc) is 2.11. The highest BCUT2D eigenvalue weighted by molar-refractivity contribution is 7.99. The van der Waals surface area contributed by atoms with Crippen molar-refractivity contribution in [2.24, 2.45) is 0 Å². The van der Waals surface area contributed by atoms with Crippen LogP contribution in [0.1, 0.15) is 27.2 Å². The zero-order valence-electron chi connectivity index (χ0n) is 8.72. The lowest BCUT2D eigenvalue weighted by atomic mass is 10.4. The summed E-state index contributed by atoms with van der Waals surface area (Å²) in [6.07, 6.45) is 1.11. The van der Waals surface area contributed by atoms with Gasteiger partial charge in [-0.1, -0.05) is 13.8 Å². The molecule has 2 nitrogen and oxygen atoms in total. The standard InChI is InChI=1S/C9H20N2S2/c1-4-6-10-9(12)11-8(3)7-13-5-2/h8H,4-7H2,1-3H3,(H2,10,11,12). The smallest absolute Gasteiger partial charge is 0.166 e. The molecule has 0 saturated heterocycles. The van der Waals surface area contributed by atoms with Crippen molar-refractivity contribution < 1.29 is 0 Å². The Morgan fingerprint density at radius 3 is 2.69 bits per heavy atom. The lowest BCUT2D eigenvalue weighted by Gasteiger charge is -2.15. The van der Waals surface area contributed by atoms with Gasteiger partial charge in [0.2, 0.25) is 0 Å². The third-order valence-electron chi connectivity index (χ3n) is 1.49. The highest BCUT2D eigenvalue weighted by Crippen LogP contribution is 2.00. The molecule has 13 heavy (non-hydrogen) atoms. The zero-order chi connectivity index (χ0) is 10.1. The average molecular weight is 220 g/mol.